The number of aliphatic hydroxyl groups is 3. The molecule has 0 amide bonds. The molecule has 0 aromatic carbocycles. The maximum absolute atomic E-state index is 11.4. The van der Waals surface area contributed by atoms with Crippen LogP contribution < -0.4 is 0 Å². The van der Waals surface area contributed by atoms with E-state index in [2.05, 4.69) is 11.7 Å². The van der Waals surface area contributed by atoms with Gasteiger partial charge in [0, 0.05) is 6.42 Å². The molecule has 0 rings (SSSR count). The van der Waals surface area contributed by atoms with Crippen LogP contribution in [0.15, 0.2) is 0 Å². The molecule has 160 valence electrons. The van der Waals surface area contributed by atoms with Crippen LogP contribution in [0.5, 0.6) is 0 Å². The predicted octanol–water partition coefficient (Wildman–Crippen LogP) is 3.64. The fourth-order valence-corrected chi connectivity index (χ4v) is 2.97. The molecule has 27 heavy (non-hydrogen) atoms. The molecule has 0 aromatic heterocycles. The van der Waals surface area contributed by atoms with Crippen molar-refractivity contribution in [2.45, 2.75) is 115 Å². The van der Waals surface area contributed by atoms with E-state index in [0.29, 0.717) is 6.42 Å². The molecule has 2 unspecified atom stereocenters. The minimum absolute atomic E-state index is 0.132. The third-order valence-electron chi connectivity index (χ3n) is 4.72. The third kappa shape index (κ3) is 16.9. The monoisotopic (exact) mass is 388 g/mol. The van der Waals surface area contributed by atoms with Gasteiger partial charge in [0.2, 0.25) is 0 Å². The van der Waals surface area contributed by atoms with Crippen molar-refractivity contribution < 1.29 is 29.6 Å². The zero-order valence-electron chi connectivity index (χ0n) is 17.0. The Hall–Kier alpha value is -0.980. The second kappa shape index (κ2) is 18.4. The second-order valence-corrected chi connectivity index (χ2v) is 7.36. The van der Waals surface area contributed by atoms with E-state index in [-0.39, 0.29) is 12.5 Å². The van der Waals surface area contributed by atoms with E-state index in [1.807, 2.05) is 0 Å². The van der Waals surface area contributed by atoms with Crippen molar-refractivity contribution in [3.05, 3.63) is 0 Å². The number of ether oxygens (including phenoxy) is 1. The van der Waals surface area contributed by atoms with Crippen LogP contribution in [0.25, 0.3) is 0 Å². The van der Waals surface area contributed by atoms with Gasteiger partial charge in [-0.15, -0.1) is 0 Å². The lowest BCUT2D eigenvalue weighted by Crippen LogP contribution is -2.28. The molecule has 0 saturated carbocycles. The predicted molar refractivity (Wildman–Crippen MR) is 105 cm³/mol. The number of carbonyl (C=O) groups excluding carboxylic acids is 2. The van der Waals surface area contributed by atoms with Crippen LogP contribution >= 0.6 is 0 Å². The molecule has 2 atom stereocenters. The van der Waals surface area contributed by atoms with Gasteiger partial charge in [-0.1, -0.05) is 77.6 Å². The van der Waals surface area contributed by atoms with Gasteiger partial charge in [-0.2, -0.15) is 0 Å². The number of unbranched alkanes of at least 4 members (excludes halogenated alkanes) is 10. The molecule has 0 radical (unpaired) electrons. The van der Waals surface area contributed by atoms with Crippen molar-refractivity contribution in [3.8, 4) is 0 Å². The Labute approximate surface area is 164 Å². The summed E-state index contributed by atoms with van der Waals surface area (Å²) in [6, 6.07) is 0. The first-order chi connectivity index (χ1) is 13.0. The molecule has 0 bridgehead atoms. The first kappa shape index (κ1) is 26.0. The Balaban J connectivity index is 3.35. The summed E-state index contributed by atoms with van der Waals surface area (Å²) in [7, 11) is 0. The molecule has 6 nitrogen and oxygen atoms in total. The van der Waals surface area contributed by atoms with E-state index in [4.69, 9.17) is 10.2 Å². The van der Waals surface area contributed by atoms with Crippen molar-refractivity contribution in [2.75, 3.05) is 6.61 Å². The Morgan fingerprint density at radius 1 is 0.778 bits per heavy atom. The van der Waals surface area contributed by atoms with Gasteiger partial charge < -0.3 is 20.1 Å². The molecule has 3 N–H and O–H groups in total. The summed E-state index contributed by atoms with van der Waals surface area (Å²) in [6.45, 7) is 1.45. The van der Waals surface area contributed by atoms with Crippen LogP contribution in [0.3, 0.4) is 0 Å². The largest absolute Gasteiger partial charge is 0.393 e. The van der Waals surface area contributed by atoms with Gasteiger partial charge in [-0.3, -0.25) is 4.79 Å². The van der Waals surface area contributed by atoms with E-state index < -0.39 is 24.6 Å². The minimum atomic E-state index is -1.64. The maximum atomic E-state index is 11.4. The van der Waals surface area contributed by atoms with Gasteiger partial charge >= 0.3 is 11.9 Å². The van der Waals surface area contributed by atoms with Gasteiger partial charge in [-0.05, 0) is 19.3 Å². The number of rotatable bonds is 18. The van der Waals surface area contributed by atoms with E-state index in [1.54, 1.807) is 0 Å². The quantitative estimate of drug-likeness (QED) is 0.188. The summed E-state index contributed by atoms with van der Waals surface area (Å²) in [5.41, 5.74) is 0. The fourth-order valence-electron chi connectivity index (χ4n) is 2.97. The van der Waals surface area contributed by atoms with Crippen LogP contribution in [0.4, 0.5) is 0 Å². The van der Waals surface area contributed by atoms with Crippen molar-refractivity contribution in [1.82, 2.24) is 0 Å². The molecule has 0 heterocycles. The average Bonchev–Trinajstić information content (AvgIpc) is 2.65. The number of esters is 2. The zero-order valence-corrected chi connectivity index (χ0v) is 17.0. The highest BCUT2D eigenvalue weighted by molar-refractivity contribution is 5.87. The number of aliphatic hydroxyl groups excluding tert-OH is 3. The number of hydrogen-bond donors (Lipinski definition) is 3. The molecule has 0 saturated heterocycles. The lowest BCUT2D eigenvalue weighted by molar-refractivity contribution is -0.167. The minimum Gasteiger partial charge on any atom is -0.393 e. The highest BCUT2D eigenvalue weighted by Gasteiger charge is 2.18. The summed E-state index contributed by atoms with van der Waals surface area (Å²) in [6.07, 6.45) is 13.4. The number of hydrogen-bond acceptors (Lipinski definition) is 6. The maximum Gasteiger partial charge on any atom is 0.345 e. The van der Waals surface area contributed by atoms with Gasteiger partial charge in [-0.25, -0.2) is 4.79 Å². The molecule has 6 heteroatoms. The van der Waals surface area contributed by atoms with Crippen LogP contribution in [0, 0.1) is 0 Å². The highest BCUT2D eigenvalue weighted by atomic mass is 16.6. The van der Waals surface area contributed by atoms with Crippen molar-refractivity contribution in [1.29, 1.82) is 0 Å². The summed E-state index contributed by atoms with van der Waals surface area (Å²) in [5, 5.41) is 27.5. The van der Waals surface area contributed by atoms with Crippen LogP contribution in [-0.2, 0) is 14.3 Å². The van der Waals surface area contributed by atoms with Gasteiger partial charge in [0.25, 0.3) is 0 Å². The summed E-state index contributed by atoms with van der Waals surface area (Å²) >= 11 is 0. The normalized spacial score (nSPS) is 13.3. The van der Waals surface area contributed by atoms with Crippen LogP contribution in [0.2, 0.25) is 0 Å². The van der Waals surface area contributed by atoms with Gasteiger partial charge in [0.15, 0.2) is 6.10 Å². The summed E-state index contributed by atoms with van der Waals surface area (Å²) in [5.74, 6) is -1.74. The molecule has 0 aliphatic carbocycles. The third-order valence-corrected chi connectivity index (χ3v) is 4.72. The zero-order chi connectivity index (χ0) is 20.3. The lowest BCUT2D eigenvalue weighted by atomic mass is 10.0. The van der Waals surface area contributed by atoms with Gasteiger partial charge in [0.1, 0.15) is 0 Å². The molecular weight excluding hydrogens is 348 g/mol. The Morgan fingerprint density at radius 3 is 1.78 bits per heavy atom. The Bertz CT molecular complexity index is 372. The fraction of sp³-hybridized carbons (Fsp3) is 0.905. The van der Waals surface area contributed by atoms with Crippen LogP contribution in [0.1, 0.15) is 103 Å². The van der Waals surface area contributed by atoms with Crippen molar-refractivity contribution >= 4 is 11.9 Å². The first-order valence-electron chi connectivity index (χ1n) is 10.7. The summed E-state index contributed by atoms with van der Waals surface area (Å²) in [4.78, 5) is 22.5. The lowest BCUT2D eigenvalue weighted by Gasteiger charge is -2.10. The standard InChI is InChI=1S/C21H40O6/c1-2-3-4-11-14-18(23)15-12-9-7-5-6-8-10-13-16-20(25)27-21(26)19(24)17-22/h18-19,22-24H,2-17H2,1H3. The van der Waals surface area contributed by atoms with Gasteiger partial charge in [0.05, 0.1) is 12.7 Å². The topological polar surface area (TPSA) is 104 Å². The van der Waals surface area contributed by atoms with Crippen LogP contribution in [-0.4, -0.2) is 46.1 Å². The average molecular weight is 389 g/mol. The SMILES string of the molecule is CCCCCCC(O)CCCCCCCCCCC(=O)OC(=O)C(O)CO. The van der Waals surface area contributed by atoms with E-state index in [0.717, 1.165) is 57.8 Å². The smallest absolute Gasteiger partial charge is 0.345 e. The number of carbonyl (C=O) groups is 2. The van der Waals surface area contributed by atoms with Crippen molar-refractivity contribution in [3.63, 3.8) is 0 Å². The molecular formula is C21H40O6. The highest BCUT2D eigenvalue weighted by Crippen LogP contribution is 2.14. The Morgan fingerprint density at radius 2 is 1.26 bits per heavy atom. The Kier molecular flexibility index (Phi) is 17.7. The summed E-state index contributed by atoms with van der Waals surface area (Å²) < 4.78 is 4.42. The molecule has 0 aliphatic rings. The van der Waals surface area contributed by atoms with Crippen molar-refractivity contribution in [2.24, 2.45) is 0 Å². The second-order valence-electron chi connectivity index (χ2n) is 7.36. The molecule has 0 aromatic rings. The molecule has 0 fully saturated rings. The van der Waals surface area contributed by atoms with E-state index in [1.165, 1.54) is 25.7 Å². The van der Waals surface area contributed by atoms with E-state index >= 15 is 0 Å². The van der Waals surface area contributed by atoms with E-state index in [9.17, 15) is 14.7 Å². The first-order valence-corrected chi connectivity index (χ1v) is 10.7. The molecule has 0 aliphatic heterocycles. The molecule has 0 spiro atoms.